The third-order valence-electron chi connectivity index (χ3n) is 6.01. The number of nitrogens with one attached hydrogen (secondary N) is 1. The van der Waals surface area contributed by atoms with Crippen LogP contribution in [0.5, 0.6) is 5.75 Å². The number of aromatic nitrogens is 2. The standard InChI is InChI=1S/C25H30N4O2/c1-28(16-19-9-4-3-5-10-19)25(30)22-15-26-27-24(22)21-12-8-14-29(18-21)17-20-11-6-7-13-23(20)31-2/h3-7,9-11,13,15,21H,8,12,14,16-18H2,1-2H3,(H,26,27). The summed E-state index contributed by atoms with van der Waals surface area (Å²) in [5, 5.41) is 7.37. The van der Waals surface area contributed by atoms with Gasteiger partial charge in [-0.1, -0.05) is 48.5 Å². The van der Waals surface area contributed by atoms with Gasteiger partial charge < -0.3 is 9.64 Å². The molecule has 1 aliphatic heterocycles. The van der Waals surface area contributed by atoms with Gasteiger partial charge in [-0.25, -0.2) is 0 Å². The van der Waals surface area contributed by atoms with Crippen LogP contribution in [0.2, 0.25) is 0 Å². The lowest BCUT2D eigenvalue weighted by atomic mass is 9.92. The van der Waals surface area contributed by atoms with Crippen LogP contribution in [0.1, 0.15) is 45.9 Å². The first-order valence-electron chi connectivity index (χ1n) is 10.8. The molecule has 1 saturated heterocycles. The molecule has 6 nitrogen and oxygen atoms in total. The van der Waals surface area contributed by atoms with Gasteiger partial charge in [-0.15, -0.1) is 0 Å². The number of rotatable bonds is 7. The number of nitrogens with zero attached hydrogens (tertiary/aromatic N) is 3. The monoisotopic (exact) mass is 418 g/mol. The van der Waals surface area contributed by atoms with Gasteiger partial charge in [-0.05, 0) is 31.0 Å². The number of carbonyl (C=O) groups excluding carboxylic acids is 1. The molecule has 1 fully saturated rings. The van der Waals surface area contributed by atoms with E-state index in [-0.39, 0.29) is 11.8 Å². The minimum atomic E-state index is 0.00875. The van der Waals surface area contributed by atoms with E-state index < -0.39 is 0 Å². The predicted octanol–water partition coefficient (Wildman–Crippen LogP) is 4.07. The van der Waals surface area contributed by atoms with E-state index in [9.17, 15) is 4.79 Å². The number of ether oxygens (including phenoxy) is 1. The van der Waals surface area contributed by atoms with Gasteiger partial charge in [0.2, 0.25) is 0 Å². The predicted molar refractivity (Wildman–Crippen MR) is 121 cm³/mol. The van der Waals surface area contributed by atoms with Crippen LogP contribution in [-0.2, 0) is 13.1 Å². The summed E-state index contributed by atoms with van der Waals surface area (Å²) in [6.45, 7) is 3.35. The number of aromatic amines is 1. The van der Waals surface area contributed by atoms with Crippen molar-refractivity contribution in [1.29, 1.82) is 0 Å². The highest BCUT2D eigenvalue weighted by Crippen LogP contribution is 2.30. The maximum absolute atomic E-state index is 13.2. The number of para-hydroxylation sites is 1. The molecule has 31 heavy (non-hydrogen) atoms. The van der Waals surface area contributed by atoms with Crippen molar-refractivity contribution in [2.45, 2.75) is 31.8 Å². The van der Waals surface area contributed by atoms with Crippen LogP contribution >= 0.6 is 0 Å². The van der Waals surface area contributed by atoms with Crippen LogP contribution in [0.15, 0.2) is 60.8 Å². The summed E-state index contributed by atoms with van der Waals surface area (Å²) in [5.74, 6) is 1.19. The Kier molecular flexibility index (Phi) is 6.67. The average Bonchev–Trinajstić information content (AvgIpc) is 3.30. The molecule has 3 aromatic rings. The fourth-order valence-electron chi connectivity index (χ4n) is 4.42. The van der Waals surface area contributed by atoms with Crippen molar-refractivity contribution in [1.82, 2.24) is 20.0 Å². The highest BCUT2D eigenvalue weighted by molar-refractivity contribution is 5.95. The Morgan fingerprint density at radius 2 is 1.97 bits per heavy atom. The fraction of sp³-hybridized carbons (Fsp3) is 0.360. The van der Waals surface area contributed by atoms with E-state index in [0.29, 0.717) is 12.1 Å². The number of benzene rings is 2. The van der Waals surface area contributed by atoms with E-state index >= 15 is 0 Å². The van der Waals surface area contributed by atoms with Crippen LogP contribution in [0.3, 0.4) is 0 Å². The lowest BCUT2D eigenvalue weighted by Gasteiger charge is -2.33. The Morgan fingerprint density at radius 1 is 1.19 bits per heavy atom. The molecule has 1 amide bonds. The number of hydrogen-bond acceptors (Lipinski definition) is 4. The van der Waals surface area contributed by atoms with Crippen LogP contribution in [-0.4, -0.2) is 53.2 Å². The van der Waals surface area contributed by atoms with Gasteiger partial charge in [0, 0.05) is 38.2 Å². The highest BCUT2D eigenvalue weighted by atomic mass is 16.5. The second-order valence-electron chi connectivity index (χ2n) is 8.23. The van der Waals surface area contributed by atoms with Crippen LogP contribution in [0, 0.1) is 0 Å². The van der Waals surface area contributed by atoms with E-state index in [4.69, 9.17) is 4.74 Å². The molecule has 6 heteroatoms. The number of hydrogen-bond donors (Lipinski definition) is 1. The molecule has 2 heterocycles. The number of carbonyl (C=O) groups is 1. The van der Waals surface area contributed by atoms with Gasteiger partial charge in [-0.2, -0.15) is 5.10 Å². The zero-order valence-corrected chi connectivity index (χ0v) is 18.3. The molecule has 0 saturated carbocycles. The van der Waals surface area contributed by atoms with Crippen molar-refractivity contribution in [2.75, 3.05) is 27.2 Å². The van der Waals surface area contributed by atoms with Crippen LogP contribution < -0.4 is 4.74 Å². The topological polar surface area (TPSA) is 61.5 Å². The van der Waals surface area contributed by atoms with Crippen LogP contribution in [0.4, 0.5) is 0 Å². The molecule has 1 atom stereocenters. The van der Waals surface area contributed by atoms with E-state index in [2.05, 4.69) is 21.2 Å². The third kappa shape index (κ3) is 4.97. The molecule has 2 aromatic carbocycles. The van der Waals surface area contributed by atoms with Gasteiger partial charge in [-0.3, -0.25) is 14.8 Å². The SMILES string of the molecule is COc1ccccc1CN1CCCC(c2[nH]ncc2C(=O)N(C)Cc2ccccc2)C1. The normalized spacial score (nSPS) is 16.8. The van der Waals surface area contributed by atoms with Gasteiger partial charge in [0.05, 0.1) is 24.6 Å². The minimum Gasteiger partial charge on any atom is -0.496 e. The molecule has 1 N–H and O–H groups in total. The Hall–Kier alpha value is -3.12. The molecule has 0 radical (unpaired) electrons. The Bertz CT molecular complexity index is 1000. The smallest absolute Gasteiger partial charge is 0.257 e. The zero-order chi connectivity index (χ0) is 21.6. The van der Waals surface area contributed by atoms with Gasteiger partial charge >= 0.3 is 0 Å². The van der Waals surface area contributed by atoms with E-state index in [1.165, 1.54) is 5.56 Å². The lowest BCUT2D eigenvalue weighted by molar-refractivity contribution is 0.0782. The summed E-state index contributed by atoms with van der Waals surface area (Å²) in [4.78, 5) is 17.4. The summed E-state index contributed by atoms with van der Waals surface area (Å²) in [7, 11) is 3.56. The molecule has 1 unspecified atom stereocenters. The van der Waals surface area contributed by atoms with E-state index in [1.807, 2.05) is 55.6 Å². The molecule has 162 valence electrons. The number of piperidine rings is 1. The van der Waals surface area contributed by atoms with Gasteiger partial charge in [0.25, 0.3) is 5.91 Å². The van der Waals surface area contributed by atoms with Crippen molar-refractivity contribution in [3.8, 4) is 5.75 Å². The van der Waals surface area contributed by atoms with Crippen molar-refractivity contribution in [3.63, 3.8) is 0 Å². The van der Waals surface area contributed by atoms with Crippen LogP contribution in [0.25, 0.3) is 0 Å². The number of amides is 1. The second-order valence-corrected chi connectivity index (χ2v) is 8.23. The van der Waals surface area contributed by atoms with Crippen molar-refractivity contribution in [2.24, 2.45) is 0 Å². The maximum atomic E-state index is 13.2. The van der Waals surface area contributed by atoms with E-state index in [1.54, 1.807) is 18.2 Å². The summed E-state index contributed by atoms with van der Waals surface area (Å²) in [6.07, 6.45) is 3.82. The summed E-state index contributed by atoms with van der Waals surface area (Å²) >= 11 is 0. The fourth-order valence-corrected chi connectivity index (χ4v) is 4.42. The first-order valence-corrected chi connectivity index (χ1v) is 10.8. The first-order chi connectivity index (χ1) is 15.2. The molecule has 4 rings (SSSR count). The lowest BCUT2D eigenvalue weighted by Crippen LogP contribution is -2.35. The van der Waals surface area contributed by atoms with Crippen molar-refractivity contribution >= 4 is 5.91 Å². The minimum absolute atomic E-state index is 0.00875. The first kappa shape index (κ1) is 21.1. The highest BCUT2D eigenvalue weighted by Gasteiger charge is 2.28. The Balaban J connectivity index is 1.45. The molecular weight excluding hydrogens is 388 g/mol. The molecular formula is C25H30N4O2. The molecule has 0 aliphatic carbocycles. The number of methoxy groups -OCH3 is 1. The Morgan fingerprint density at radius 3 is 2.77 bits per heavy atom. The van der Waals surface area contributed by atoms with Gasteiger partial charge in [0.15, 0.2) is 0 Å². The number of likely N-dealkylation sites (tertiary alicyclic amines) is 1. The Labute approximate surface area is 183 Å². The number of H-pyrrole nitrogens is 1. The van der Waals surface area contributed by atoms with E-state index in [0.717, 1.165) is 49.5 Å². The van der Waals surface area contributed by atoms with Crippen molar-refractivity contribution in [3.05, 3.63) is 83.2 Å². The zero-order valence-electron chi connectivity index (χ0n) is 18.3. The molecule has 0 spiro atoms. The summed E-state index contributed by atoms with van der Waals surface area (Å²) in [5.41, 5.74) is 3.94. The average molecular weight is 419 g/mol. The molecule has 1 aromatic heterocycles. The van der Waals surface area contributed by atoms with Gasteiger partial charge in [0.1, 0.15) is 5.75 Å². The quantitative estimate of drug-likeness (QED) is 0.628. The second kappa shape index (κ2) is 9.79. The molecule has 0 bridgehead atoms. The maximum Gasteiger partial charge on any atom is 0.257 e. The largest absolute Gasteiger partial charge is 0.496 e. The summed E-state index contributed by atoms with van der Waals surface area (Å²) in [6, 6.07) is 18.2. The molecule has 1 aliphatic rings. The summed E-state index contributed by atoms with van der Waals surface area (Å²) < 4.78 is 5.52. The van der Waals surface area contributed by atoms with Crippen molar-refractivity contribution < 1.29 is 9.53 Å². The third-order valence-corrected chi connectivity index (χ3v) is 6.01.